The average Bonchev–Trinajstić information content (AvgIpc) is 3.40. The van der Waals surface area contributed by atoms with Gasteiger partial charge in [0, 0.05) is 65.1 Å². The van der Waals surface area contributed by atoms with Crippen molar-refractivity contribution in [3.05, 3.63) is 33.8 Å². The smallest absolute Gasteiger partial charge is 0.275 e. The van der Waals surface area contributed by atoms with Gasteiger partial charge >= 0.3 is 0 Å². The summed E-state index contributed by atoms with van der Waals surface area (Å²) in [4.78, 5) is 43.7. The number of ether oxygens (including phenoxy) is 1. The molecule has 0 radical (unpaired) electrons. The second-order valence-corrected chi connectivity index (χ2v) is 8.56. The molecular formula is C20H26BrN7O4. The summed E-state index contributed by atoms with van der Waals surface area (Å²) in [5.41, 5.74) is 0.985. The van der Waals surface area contributed by atoms with Gasteiger partial charge in [-0.2, -0.15) is 10.2 Å². The third-order valence-corrected chi connectivity index (χ3v) is 6.29. The third-order valence-electron chi connectivity index (χ3n) is 5.71. The molecule has 172 valence electrons. The molecule has 11 nitrogen and oxygen atoms in total. The summed E-state index contributed by atoms with van der Waals surface area (Å²) in [6, 6.07) is 1.55. The van der Waals surface area contributed by atoms with Crippen LogP contribution in [0.1, 0.15) is 38.4 Å². The Hall–Kier alpha value is -2.73. The number of amides is 3. The molecule has 2 aliphatic heterocycles. The fourth-order valence-corrected chi connectivity index (χ4v) is 4.31. The van der Waals surface area contributed by atoms with Gasteiger partial charge < -0.3 is 19.4 Å². The monoisotopic (exact) mass is 507 g/mol. The normalized spacial score (nSPS) is 17.0. The van der Waals surface area contributed by atoms with Crippen LogP contribution in [0, 0.1) is 0 Å². The molecule has 4 heterocycles. The van der Waals surface area contributed by atoms with Crippen molar-refractivity contribution in [2.45, 2.75) is 13.5 Å². The van der Waals surface area contributed by atoms with Gasteiger partial charge in [-0.05, 0) is 22.9 Å². The molecule has 12 heteroatoms. The van der Waals surface area contributed by atoms with Crippen molar-refractivity contribution in [2.24, 2.45) is 7.05 Å². The molecule has 0 unspecified atom stereocenters. The van der Waals surface area contributed by atoms with Crippen LogP contribution in [0.4, 0.5) is 0 Å². The summed E-state index contributed by atoms with van der Waals surface area (Å²) in [7, 11) is 1.66. The SMILES string of the molecule is CCn1cc(Br)c(C(=O)N2CCN(C(=O)c3cc(C(=O)N4CCOCC4)nn3C)CC2)n1. The molecule has 0 bridgehead atoms. The van der Waals surface area contributed by atoms with Crippen LogP contribution < -0.4 is 0 Å². The highest BCUT2D eigenvalue weighted by Crippen LogP contribution is 2.19. The van der Waals surface area contributed by atoms with Gasteiger partial charge in [-0.3, -0.25) is 23.7 Å². The van der Waals surface area contributed by atoms with E-state index in [9.17, 15) is 14.4 Å². The number of piperazine rings is 1. The van der Waals surface area contributed by atoms with E-state index in [-0.39, 0.29) is 23.4 Å². The van der Waals surface area contributed by atoms with Gasteiger partial charge in [0.05, 0.1) is 17.7 Å². The highest BCUT2D eigenvalue weighted by atomic mass is 79.9. The Morgan fingerprint density at radius 2 is 1.53 bits per heavy atom. The Morgan fingerprint density at radius 1 is 0.938 bits per heavy atom. The molecule has 0 N–H and O–H groups in total. The Balaban J connectivity index is 1.39. The van der Waals surface area contributed by atoms with Gasteiger partial charge in [0.15, 0.2) is 11.4 Å². The summed E-state index contributed by atoms with van der Waals surface area (Å²) >= 11 is 3.40. The molecule has 2 fully saturated rings. The summed E-state index contributed by atoms with van der Waals surface area (Å²) in [5.74, 6) is -0.560. The molecule has 2 aromatic rings. The minimum Gasteiger partial charge on any atom is -0.378 e. The van der Waals surface area contributed by atoms with Crippen LogP contribution in [0.3, 0.4) is 0 Å². The fraction of sp³-hybridized carbons (Fsp3) is 0.550. The maximum Gasteiger partial charge on any atom is 0.275 e. The molecule has 3 amide bonds. The zero-order chi connectivity index (χ0) is 22.8. The van der Waals surface area contributed by atoms with E-state index in [0.29, 0.717) is 74.9 Å². The van der Waals surface area contributed by atoms with Crippen molar-refractivity contribution in [3.8, 4) is 0 Å². The van der Waals surface area contributed by atoms with E-state index in [1.807, 2.05) is 6.92 Å². The van der Waals surface area contributed by atoms with Crippen LogP contribution in [0.15, 0.2) is 16.7 Å². The molecule has 2 aliphatic rings. The first-order valence-electron chi connectivity index (χ1n) is 10.6. The predicted molar refractivity (Wildman–Crippen MR) is 117 cm³/mol. The van der Waals surface area contributed by atoms with E-state index in [1.54, 1.807) is 38.7 Å². The lowest BCUT2D eigenvalue weighted by molar-refractivity contribution is 0.0298. The van der Waals surface area contributed by atoms with Crippen molar-refractivity contribution < 1.29 is 19.1 Å². The molecule has 4 rings (SSSR count). The number of aryl methyl sites for hydroxylation is 2. The molecule has 0 aromatic carbocycles. The Morgan fingerprint density at radius 3 is 2.12 bits per heavy atom. The molecule has 0 atom stereocenters. The van der Waals surface area contributed by atoms with Gasteiger partial charge in [-0.1, -0.05) is 0 Å². The van der Waals surface area contributed by atoms with E-state index < -0.39 is 0 Å². The van der Waals surface area contributed by atoms with Crippen LogP contribution in [-0.4, -0.2) is 104 Å². The number of carbonyl (C=O) groups excluding carboxylic acids is 3. The van der Waals surface area contributed by atoms with E-state index >= 15 is 0 Å². The predicted octanol–water partition coefficient (Wildman–Crippen LogP) is 0.470. The summed E-state index contributed by atoms with van der Waals surface area (Å²) in [5, 5.41) is 8.58. The van der Waals surface area contributed by atoms with E-state index in [0.717, 1.165) is 0 Å². The number of halogens is 1. The molecule has 2 aromatic heterocycles. The van der Waals surface area contributed by atoms with Crippen LogP contribution in [0.5, 0.6) is 0 Å². The number of morpholine rings is 1. The van der Waals surface area contributed by atoms with Crippen molar-refractivity contribution in [2.75, 3.05) is 52.5 Å². The number of hydrogen-bond acceptors (Lipinski definition) is 6. The van der Waals surface area contributed by atoms with Crippen molar-refractivity contribution in [1.29, 1.82) is 0 Å². The summed E-state index contributed by atoms with van der Waals surface area (Å²) in [6.45, 7) is 6.28. The second-order valence-electron chi connectivity index (χ2n) is 7.71. The average molecular weight is 508 g/mol. The first-order valence-corrected chi connectivity index (χ1v) is 11.4. The van der Waals surface area contributed by atoms with E-state index in [4.69, 9.17) is 4.74 Å². The molecule has 2 saturated heterocycles. The molecule has 32 heavy (non-hydrogen) atoms. The second kappa shape index (κ2) is 9.41. The van der Waals surface area contributed by atoms with Crippen molar-refractivity contribution in [3.63, 3.8) is 0 Å². The topological polar surface area (TPSA) is 106 Å². The minimum atomic E-state index is -0.204. The molecule has 0 aliphatic carbocycles. The first-order chi connectivity index (χ1) is 15.4. The number of hydrogen-bond donors (Lipinski definition) is 0. The Kier molecular flexibility index (Phi) is 6.60. The largest absolute Gasteiger partial charge is 0.378 e. The Labute approximate surface area is 194 Å². The highest BCUT2D eigenvalue weighted by molar-refractivity contribution is 9.10. The van der Waals surface area contributed by atoms with Crippen LogP contribution >= 0.6 is 15.9 Å². The van der Waals surface area contributed by atoms with Gasteiger partial charge in [-0.25, -0.2) is 0 Å². The minimum absolute atomic E-state index is 0.157. The van der Waals surface area contributed by atoms with Gasteiger partial charge in [0.2, 0.25) is 0 Å². The lowest BCUT2D eigenvalue weighted by Crippen LogP contribution is -2.51. The highest BCUT2D eigenvalue weighted by Gasteiger charge is 2.30. The fourth-order valence-electron chi connectivity index (χ4n) is 3.83. The van der Waals surface area contributed by atoms with Crippen molar-refractivity contribution in [1.82, 2.24) is 34.3 Å². The lowest BCUT2D eigenvalue weighted by Gasteiger charge is -2.34. The Bertz CT molecular complexity index is 1020. The van der Waals surface area contributed by atoms with Crippen molar-refractivity contribution >= 4 is 33.7 Å². The first kappa shape index (κ1) is 22.5. The number of carbonyl (C=O) groups is 3. The van der Waals surface area contributed by atoms with Gasteiger partial charge in [-0.15, -0.1) is 0 Å². The lowest BCUT2D eigenvalue weighted by atomic mass is 10.2. The zero-order valence-electron chi connectivity index (χ0n) is 18.2. The summed E-state index contributed by atoms with van der Waals surface area (Å²) < 4.78 is 9.10. The number of nitrogens with zero attached hydrogens (tertiary/aromatic N) is 7. The number of rotatable bonds is 4. The van der Waals surface area contributed by atoms with E-state index in [2.05, 4.69) is 26.1 Å². The summed E-state index contributed by atoms with van der Waals surface area (Å²) in [6.07, 6.45) is 1.78. The van der Waals surface area contributed by atoms with Crippen LogP contribution in [0.2, 0.25) is 0 Å². The molecule has 0 spiro atoms. The van der Waals surface area contributed by atoms with E-state index in [1.165, 1.54) is 4.68 Å². The number of aromatic nitrogens is 4. The quantitative estimate of drug-likeness (QED) is 0.595. The maximum absolute atomic E-state index is 13.1. The van der Waals surface area contributed by atoms with Crippen LogP contribution in [0.25, 0.3) is 0 Å². The molecular weight excluding hydrogens is 482 g/mol. The molecule has 0 saturated carbocycles. The van der Waals surface area contributed by atoms with Gasteiger partial charge in [0.25, 0.3) is 17.7 Å². The van der Waals surface area contributed by atoms with Gasteiger partial charge in [0.1, 0.15) is 5.69 Å². The standard InChI is InChI=1S/C20H26BrN7O4/c1-3-28-13-14(21)17(23-28)20(31)26-6-4-25(5-7-26)19(30)16-12-15(22-24(16)2)18(29)27-8-10-32-11-9-27/h12-13H,3-11H2,1-2H3. The third kappa shape index (κ3) is 4.42. The van der Waals surface area contributed by atoms with Crippen LogP contribution in [-0.2, 0) is 18.3 Å². The maximum atomic E-state index is 13.1. The zero-order valence-corrected chi connectivity index (χ0v) is 19.7.